The summed E-state index contributed by atoms with van der Waals surface area (Å²) in [6.45, 7) is 6.52. The lowest BCUT2D eigenvalue weighted by Crippen LogP contribution is -2.43. The molecule has 2 aliphatic rings. The molecule has 6 heteroatoms. The predicted octanol–water partition coefficient (Wildman–Crippen LogP) is 3.61. The molecule has 2 saturated heterocycles. The fourth-order valence-corrected chi connectivity index (χ4v) is 4.00. The van der Waals surface area contributed by atoms with Crippen molar-refractivity contribution < 1.29 is 28.5 Å². The molecular weight excluding hydrogens is 360 g/mol. The summed E-state index contributed by atoms with van der Waals surface area (Å²) < 4.78 is 29.4. The number of ketones is 1. The van der Waals surface area contributed by atoms with Crippen LogP contribution in [0.3, 0.4) is 0 Å². The fourth-order valence-electron chi connectivity index (χ4n) is 4.00. The van der Waals surface area contributed by atoms with Gasteiger partial charge in [0.05, 0.1) is 37.6 Å². The van der Waals surface area contributed by atoms with Crippen LogP contribution in [0, 0.1) is 0 Å². The van der Waals surface area contributed by atoms with Gasteiger partial charge in [-0.1, -0.05) is 30.3 Å². The van der Waals surface area contributed by atoms with Crippen LogP contribution in [-0.4, -0.2) is 49.4 Å². The largest absolute Gasteiger partial charge is 0.374 e. The molecule has 0 bridgehead atoms. The molecule has 6 nitrogen and oxygen atoms in total. The van der Waals surface area contributed by atoms with Crippen LogP contribution in [-0.2, 0) is 35.1 Å². The Hall–Kier alpha value is -1.31. The SMILES string of the molecule is CC(=O)C[C@@H]1C[C@H](C[C@H]2C[C@@H](COCc3ccccc3)O[C@@H](C)O2)O[C@H](C)O1. The van der Waals surface area contributed by atoms with E-state index in [0.717, 1.165) is 18.4 Å². The van der Waals surface area contributed by atoms with Crippen molar-refractivity contribution in [3.63, 3.8) is 0 Å². The van der Waals surface area contributed by atoms with Gasteiger partial charge in [-0.05, 0) is 26.3 Å². The molecule has 3 rings (SSSR count). The van der Waals surface area contributed by atoms with E-state index in [2.05, 4.69) is 12.1 Å². The van der Waals surface area contributed by atoms with Crippen LogP contribution >= 0.6 is 0 Å². The molecule has 0 spiro atoms. The Morgan fingerprint density at radius 2 is 1.50 bits per heavy atom. The number of carbonyl (C=O) groups excluding carboxylic acids is 1. The van der Waals surface area contributed by atoms with Crippen molar-refractivity contribution in [1.82, 2.24) is 0 Å². The maximum Gasteiger partial charge on any atom is 0.155 e. The Morgan fingerprint density at radius 3 is 2.14 bits per heavy atom. The number of carbonyl (C=O) groups is 1. The minimum absolute atomic E-state index is 0.00254. The minimum Gasteiger partial charge on any atom is -0.374 e. The fraction of sp³-hybridized carbons (Fsp3) is 0.682. The number of benzene rings is 1. The molecule has 6 atom stereocenters. The first kappa shape index (κ1) is 21.4. The van der Waals surface area contributed by atoms with E-state index in [9.17, 15) is 4.79 Å². The first-order chi connectivity index (χ1) is 13.5. The lowest BCUT2D eigenvalue weighted by molar-refractivity contribution is -0.267. The van der Waals surface area contributed by atoms with E-state index < -0.39 is 0 Å². The average molecular weight is 392 g/mol. The molecule has 1 aromatic rings. The first-order valence-corrected chi connectivity index (χ1v) is 10.2. The van der Waals surface area contributed by atoms with E-state index in [4.69, 9.17) is 23.7 Å². The van der Waals surface area contributed by atoms with Crippen molar-refractivity contribution in [3.8, 4) is 0 Å². The molecular formula is C22H32O6. The van der Waals surface area contributed by atoms with Crippen LogP contribution in [0.15, 0.2) is 30.3 Å². The number of ether oxygens (including phenoxy) is 5. The van der Waals surface area contributed by atoms with E-state index in [-0.39, 0.29) is 42.8 Å². The third-order valence-corrected chi connectivity index (χ3v) is 5.04. The Labute approximate surface area is 167 Å². The summed E-state index contributed by atoms with van der Waals surface area (Å²) in [5, 5.41) is 0. The van der Waals surface area contributed by atoms with E-state index >= 15 is 0 Å². The van der Waals surface area contributed by atoms with E-state index in [1.165, 1.54) is 0 Å². The second kappa shape index (κ2) is 10.5. The van der Waals surface area contributed by atoms with Crippen molar-refractivity contribution >= 4 is 5.78 Å². The second-order valence-electron chi connectivity index (χ2n) is 7.78. The minimum atomic E-state index is -0.301. The Morgan fingerprint density at radius 1 is 0.929 bits per heavy atom. The third-order valence-electron chi connectivity index (χ3n) is 5.04. The molecule has 0 radical (unpaired) electrons. The van der Waals surface area contributed by atoms with Gasteiger partial charge in [0.25, 0.3) is 0 Å². The van der Waals surface area contributed by atoms with Crippen molar-refractivity contribution in [3.05, 3.63) is 35.9 Å². The smallest absolute Gasteiger partial charge is 0.155 e. The molecule has 2 fully saturated rings. The second-order valence-corrected chi connectivity index (χ2v) is 7.78. The summed E-state index contributed by atoms with van der Waals surface area (Å²) in [7, 11) is 0. The third kappa shape index (κ3) is 6.94. The number of hydrogen-bond acceptors (Lipinski definition) is 6. The van der Waals surface area contributed by atoms with Gasteiger partial charge >= 0.3 is 0 Å². The summed E-state index contributed by atoms with van der Waals surface area (Å²) in [5.74, 6) is 0.143. The number of Topliss-reactive ketones (excluding diaryl/α,β-unsaturated/α-hetero) is 1. The molecule has 156 valence electrons. The van der Waals surface area contributed by atoms with Crippen LogP contribution in [0.5, 0.6) is 0 Å². The molecule has 0 amide bonds. The number of rotatable bonds is 8. The van der Waals surface area contributed by atoms with E-state index in [1.54, 1.807) is 6.92 Å². The monoisotopic (exact) mass is 392 g/mol. The van der Waals surface area contributed by atoms with Gasteiger partial charge in [0, 0.05) is 25.7 Å². The molecule has 2 heterocycles. The Kier molecular flexibility index (Phi) is 8.00. The lowest BCUT2D eigenvalue weighted by Gasteiger charge is -2.39. The van der Waals surface area contributed by atoms with Crippen LogP contribution < -0.4 is 0 Å². The van der Waals surface area contributed by atoms with E-state index in [1.807, 2.05) is 32.0 Å². The van der Waals surface area contributed by atoms with Gasteiger partial charge in [0.2, 0.25) is 0 Å². The highest BCUT2D eigenvalue weighted by molar-refractivity contribution is 5.75. The van der Waals surface area contributed by atoms with Gasteiger partial charge in [-0.15, -0.1) is 0 Å². The van der Waals surface area contributed by atoms with Gasteiger partial charge in [-0.2, -0.15) is 0 Å². The molecule has 0 N–H and O–H groups in total. The molecule has 28 heavy (non-hydrogen) atoms. The molecule has 0 saturated carbocycles. The summed E-state index contributed by atoms with van der Waals surface area (Å²) in [6, 6.07) is 10.1. The summed E-state index contributed by atoms with van der Waals surface area (Å²) >= 11 is 0. The van der Waals surface area contributed by atoms with Crippen LogP contribution in [0.4, 0.5) is 0 Å². The normalized spacial score (nSPS) is 33.5. The predicted molar refractivity (Wildman–Crippen MR) is 104 cm³/mol. The summed E-state index contributed by atoms with van der Waals surface area (Å²) in [5.41, 5.74) is 1.15. The standard InChI is InChI=1S/C22H32O6/c1-15(23)9-19-10-20(26-16(2)25-19)11-21-12-22(28-17(3)27-21)14-24-13-18-7-5-4-6-8-18/h4-8,16-17,19-22H,9-14H2,1-3H3/t16-,17+,19-,20-,21+,22+/m1/s1. The van der Waals surface area contributed by atoms with Gasteiger partial charge in [-0.25, -0.2) is 0 Å². The zero-order valence-corrected chi connectivity index (χ0v) is 17.0. The average Bonchev–Trinajstić information content (AvgIpc) is 2.61. The Bertz CT molecular complexity index is 606. The molecule has 0 unspecified atom stereocenters. The van der Waals surface area contributed by atoms with E-state index in [0.29, 0.717) is 26.1 Å². The molecule has 0 aliphatic carbocycles. The molecule has 1 aromatic carbocycles. The van der Waals surface area contributed by atoms with Crippen molar-refractivity contribution in [2.45, 2.75) is 90.1 Å². The van der Waals surface area contributed by atoms with Gasteiger partial charge in [-0.3, -0.25) is 4.79 Å². The highest BCUT2D eigenvalue weighted by atomic mass is 16.7. The lowest BCUT2D eigenvalue weighted by atomic mass is 9.97. The maximum absolute atomic E-state index is 11.4. The zero-order valence-electron chi connectivity index (χ0n) is 17.0. The summed E-state index contributed by atoms with van der Waals surface area (Å²) in [4.78, 5) is 11.4. The molecule has 2 aliphatic heterocycles. The van der Waals surface area contributed by atoms with Gasteiger partial charge in [0.15, 0.2) is 12.6 Å². The summed E-state index contributed by atoms with van der Waals surface area (Å²) in [6.07, 6.45) is 2.11. The Balaban J connectivity index is 1.46. The highest BCUT2D eigenvalue weighted by Gasteiger charge is 2.34. The zero-order chi connectivity index (χ0) is 19.9. The van der Waals surface area contributed by atoms with Crippen molar-refractivity contribution in [2.75, 3.05) is 6.61 Å². The van der Waals surface area contributed by atoms with Crippen LogP contribution in [0.1, 0.15) is 52.0 Å². The van der Waals surface area contributed by atoms with Crippen LogP contribution in [0.25, 0.3) is 0 Å². The van der Waals surface area contributed by atoms with Crippen molar-refractivity contribution in [2.24, 2.45) is 0 Å². The first-order valence-electron chi connectivity index (χ1n) is 10.2. The van der Waals surface area contributed by atoms with Gasteiger partial charge in [0.1, 0.15) is 5.78 Å². The highest BCUT2D eigenvalue weighted by Crippen LogP contribution is 2.28. The van der Waals surface area contributed by atoms with Crippen LogP contribution in [0.2, 0.25) is 0 Å². The quantitative estimate of drug-likeness (QED) is 0.673. The number of hydrogen-bond donors (Lipinski definition) is 0. The van der Waals surface area contributed by atoms with Crippen molar-refractivity contribution in [1.29, 1.82) is 0 Å². The maximum atomic E-state index is 11.4. The van der Waals surface area contributed by atoms with Gasteiger partial charge < -0.3 is 23.7 Å². The molecule has 0 aromatic heterocycles. The topological polar surface area (TPSA) is 63.2 Å².